The summed E-state index contributed by atoms with van der Waals surface area (Å²) in [5, 5.41) is 15.2. The lowest BCUT2D eigenvalue weighted by Crippen LogP contribution is -2.37. The van der Waals surface area contributed by atoms with Crippen molar-refractivity contribution >= 4 is 6.03 Å². The summed E-state index contributed by atoms with van der Waals surface area (Å²) in [5.41, 5.74) is 2.09. The summed E-state index contributed by atoms with van der Waals surface area (Å²) in [6.07, 6.45) is -1.10. The lowest BCUT2D eigenvalue weighted by molar-refractivity contribution is 0.169. The summed E-state index contributed by atoms with van der Waals surface area (Å²) in [5.74, 6) is 0.325. The SMILES string of the molecule is CCOc1ccc(CNC(=O)NCC(O)c2ccccc2F)cc1C. The fraction of sp³-hybridized carbons (Fsp3) is 0.316. The summed E-state index contributed by atoms with van der Waals surface area (Å²) in [4.78, 5) is 11.8. The van der Waals surface area contributed by atoms with Gasteiger partial charge in [-0.15, -0.1) is 0 Å². The van der Waals surface area contributed by atoms with Crippen molar-refractivity contribution in [1.82, 2.24) is 10.6 Å². The van der Waals surface area contributed by atoms with Crippen molar-refractivity contribution in [1.29, 1.82) is 0 Å². The molecular formula is C19H23FN2O3. The highest BCUT2D eigenvalue weighted by Gasteiger charge is 2.13. The number of aliphatic hydroxyl groups is 1. The number of ether oxygens (including phenoxy) is 1. The molecule has 0 saturated heterocycles. The molecule has 0 fully saturated rings. The minimum absolute atomic E-state index is 0.0743. The minimum Gasteiger partial charge on any atom is -0.494 e. The summed E-state index contributed by atoms with van der Waals surface area (Å²) in [7, 11) is 0. The van der Waals surface area contributed by atoms with Crippen LogP contribution in [0, 0.1) is 12.7 Å². The van der Waals surface area contributed by atoms with Gasteiger partial charge < -0.3 is 20.5 Å². The van der Waals surface area contributed by atoms with Gasteiger partial charge in [-0.2, -0.15) is 0 Å². The normalized spacial score (nSPS) is 11.7. The predicted molar refractivity (Wildman–Crippen MR) is 93.9 cm³/mol. The van der Waals surface area contributed by atoms with E-state index in [0.717, 1.165) is 16.9 Å². The van der Waals surface area contributed by atoms with Crippen LogP contribution >= 0.6 is 0 Å². The number of aliphatic hydroxyl groups excluding tert-OH is 1. The molecule has 2 rings (SSSR count). The lowest BCUT2D eigenvalue weighted by Gasteiger charge is -2.14. The summed E-state index contributed by atoms with van der Waals surface area (Å²) >= 11 is 0. The molecule has 3 N–H and O–H groups in total. The Balaban J connectivity index is 1.81. The Bertz CT molecular complexity index is 722. The van der Waals surface area contributed by atoms with E-state index in [9.17, 15) is 14.3 Å². The Morgan fingerprint density at radius 3 is 2.68 bits per heavy atom. The molecule has 2 aromatic carbocycles. The number of carbonyl (C=O) groups excluding carboxylic acids is 1. The van der Waals surface area contributed by atoms with Gasteiger partial charge in [0.1, 0.15) is 11.6 Å². The predicted octanol–water partition coefficient (Wildman–Crippen LogP) is 3.07. The van der Waals surface area contributed by atoms with E-state index < -0.39 is 18.0 Å². The standard InChI is InChI=1S/C19H23FN2O3/c1-3-25-18-9-8-14(10-13(18)2)11-21-19(24)22-12-17(23)15-6-4-5-7-16(15)20/h4-10,17,23H,3,11-12H2,1-2H3,(H2,21,22,24). The number of benzene rings is 2. The highest BCUT2D eigenvalue weighted by molar-refractivity contribution is 5.73. The Kier molecular flexibility index (Phi) is 6.77. The van der Waals surface area contributed by atoms with E-state index in [-0.39, 0.29) is 12.1 Å². The van der Waals surface area contributed by atoms with Crippen LogP contribution in [0.3, 0.4) is 0 Å². The van der Waals surface area contributed by atoms with E-state index in [1.807, 2.05) is 32.0 Å². The molecule has 2 aromatic rings. The zero-order valence-corrected chi connectivity index (χ0v) is 14.4. The quantitative estimate of drug-likeness (QED) is 0.722. The molecule has 0 aromatic heterocycles. The maximum atomic E-state index is 13.6. The number of urea groups is 1. The minimum atomic E-state index is -1.10. The van der Waals surface area contributed by atoms with Gasteiger partial charge in [-0.05, 0) is 37.1 Å². The van der Waals surface area contributed by atoms with E-state index in [4.69, 9.17) is 4.74 Å². The molecule has 0 aliphatic rings. The van der Waals surface area contributed by atoms with Crippen LogP contribution in [-0.2, 0) is 6.54 Å². The van der Waals surface area contributed by atoms with Crippen molar-refractivity contribution in [2.24, 2.45) is 0 Å². The second-order valence-corrected chi connectivity index (χ2v) is 5.63. The third kappa shape index (κ3) is 5.46. The van der Waals surface area contributed by atoms with Gasteiger partial charge in [0.15, 0.2) is 0 Å². The lowest BCUT2D eigenvalue weighted by atomic mass is 10.1. The number of amides is 2. The van der Waals surface area contributed by atoms with E-state index >= 15 is 0 Å². The number of nitrogens with one attached hydrogen (secondary N) is 2. The molecule has 1 atom stereocenters. The van der Waals surface area contributed by atoms with Crippen LogP contribution in [0.25, 0.3) is 0 Å². The first-order chi connectivity index (χ1) is 12.0. The Labute approximate surface area is 146 Å². The van der Waals surface area contributed by atoms with E-state index in [1.165, 1.54) is 12.1 Å². The number of aryl methyl sites for hydroxylation is 1. The first-order valence-corrected chi connectivity index (χ1v) is 8.17. The van der Waals surface area contributed by atoms with Crippen molar-refractivity contribution < 1.29 is 19.0 Å². The molecule has 0 spiro atoms. The van der Waals surface area contributed by atoms with Crippen LogP contribution in [0.2, 0.25) is 0 Å². The second kappa shape index (κ2) is 9.03. The first kappa shape index (κ1) is 18.7. The molecule has 0 saturated carbocycles. The fourth-order valence-electron chi connectivity index (χ4n) is 2.43. The number of rotatable bonds is 7. The molecule has 5 nitrogen and oxygen atoms in total. The van der Waals surface area contributed by atoms with Gasteiger partial charge in [0, 0.05) is 18.7 Å². The Hall–Kier alpha value is -2.60. The topological polar surface area (TPSA) is 70.6 Å². The third-order valence-corrected chi connectivity index (χ3v) is 3.71. The van der Waals surface area contributed by atoms with E-state index in [2.05, 4.69) is 10.6 Å². The first-order valence-electron chi connectivity index (χ1n) is 8.17. The molecule has 134 valence electrons. The van der Waals surface area contributed by atoms with E-state index in [0.29, 0.717) is 13.2 Å². The van der Waals surface area contributed by atoms with E-state index in [1.54, 1.807) is 12.1 Å². The molecule has 1 unspecified atom stereocenters. The number of hydrogen-bond donors (Lipinski definition) is 3. The molecule has 0 aliphatic heterocycles. The highest BCUT2D eigenvalue weighted by Crippen LogP contribution is 2.19. The van der Waals surface area contributed by atoms with Gasteiger partial charge in [0.2, 0.25) is 0 Å². The Morgan fingerprint density at radius 2 is 2.00 bits per heavy atom. The van der Waals surface area contributed by atoms with Gasteiger partial charge in [-0.1, -0.05) is 30.3 Å². The van der Waals surface area contributed by atoms with Crippen molar-refractivity contribution in [3.8, 4) is 5.75 Å². The van der Waals surface area contributed by atoms with Gasteiger partial charge in [0.25, 0.3) is 0 Å². The van der Waals surface area contributed by atoms with Crippen LogP contribution in [0.15, 0.2) is 42.5 Å². The molecule has 2 amide bonds. The second-order valence-electron chi connectivity index (χ2n) is 5.63. The van der Waals surface area contributed by atoms with Crippen LogP contribution in [0.4, 0.5) is 9.18 Å². The maximum Gasteiger partial charge on any atom is 0.315 e. The Morgan fingerprint density at radius 1 is 1.24 bits per heavy atom. The largest absolute Gasteiger partial charge is 0.494 e. The van der Waals surface area contributed by atoms with Crippen molar-refractivity contribution in [3.63, 3.8) is 0 Å². The molecule has 0 heterocycles. The summed E-state index contributed by atoms with van der Waals surface area (Å²) in [6, 6.07) is 11.2. The number of halogens is 1. The zero-order chi connectivity index (χ0) is 18.2. The molecule has 0 aliphatic carbocycles. The monoisotopic (exact) mass is 346 g/mol. The summed E-state index contributed by atoms with van der Waals surface area (Å²) < 4.78 is 19.0. The summed E-state index contributed by atoms with van der Waals surface area (Å²) in [6.45, 7) is 4.74. The number of hydrogen-bond acceptors (Lipinski definition) is 3. The molecule has 0 bridgehead atoms. The maximum absolute atomic E-state index is 13.6. The van der Waals surface area contributed by atoms with Gasteiger partial charge in [-0.25, -0.2) is 9.18 Å². The van der Waals surface area contributed by atoms with Gasteiger partial charge in [-0.3, -0.25) is 0 Å². The highest BCUT2D eigenvalue weighted by atomic mass is 19.1. The van der Waals surface area contributed by atoms with Crippen molar-refractivity contribution in [2.75, 3.05) is 13.2 Å². The number of carbonyl (C=O) groups is 1. The molecule has 25 heavy (non-hydrogen) atoms. The average molecular weight is 346 g/mol. The van der Waals surface area contributed by atoms with Crippen LogP contribution < -0.4 is 15.4 Å². The van der Waals surface area contributed by atoms with Crippen LogP contribution in [0.5, 0.6) is 5.75 Å². The molecule has 0 radical (unpaired) electrons. The van der Waals surface area contributed by atoms with Gasteiger partial charge in [0.05, 0.1) is 12.7 Å². The zero-order valence-electron chi connectivity index (χ0n) is 14.4. The van der Waals surface area contributed by atoms with Crippen molar-refractivity contribution in [2.45, 2.75) is 26.5 Å². The fourth-order valence-corrected chi connectivity index (χ4v) is 2.43. The smallest absolute Gasteiger partial charge is 0.315 e. The molecule has 6 heteroatoms. The van der Waals surface area contributed by atoms with Gasteiger partial charge >= 0.3 is 6.03 Å². The third-order valence-electron chi connectivity index (χ3n) is 3.71. The van der Waals surface area contributed by atoms with Crippen LogP contribution in [0.1, 0.15) is 29.7 Å². The van der Waals surface area contributed by atoms with Crippen LogP contribution in [-0.4, -0.2) is 24.3 Å². The molecular weight excluding hydrogens is 323 g/mol. The average Bonchev–Trinajstić information content (AvgIpc) is 2.60. The van der Waals surface area contributed by atoms with Crippen molar-refractivity contribution in [3.05, 3.63) is 65.0 Å².